The highest BCUT2D eigenvalue weighted by molar-refractivity contribution is 6.35. The maximum Gasteiger partial charge on any atom is 0.275 e. The molecule has 0 aromatic heterocycles. The molecule has 0 aliphatic carbocycles. The van der Waals surface area contributed by atoms with Crippen LogP contribution in [0.1, 0.15) is 28.4 Å². The van der Waals surface area contributed by atoms with Crippen molar-refractivity contribution in [3.05, 3.63) is 81.3 Å². The zero-order valence-corrected chi connectivity index (χ0v) is 19.5. The molecule has 0 saturated carbocycles. The second-order valence-electron chi connectivity index (χ2n) is 6.75. The van der Waals surface area contributed by atoms with Gasteiger partial charge >= 0.3 is 0 Å². The standard InChI is InChI=1S/C24H22Cl2N2O5/c1-3-32-23-10-15(4-9-22(23)33-14-16-5-6-17(25)11-20(16)26)13-27-28-24(30)19-8-7-18(31-2)12-21(19)29/h4-13,29H,3,14H2,1-2H3,(H,28,30)/b27-13-. The van der Waals surface area contributed by atoms with Crippen molar-refractivity contribution in [1.82, 2.24) is 5.43 Å². The summed E-state index contributed by atoms with van der Waals surface area (Å²) < 4.78 is 16.6. The summed E-state index contributed by atoms with van der Waals surface area (Å²) in [5.41, 5.74) is 3.92. The molecule has 0 bridgehead atoms. The van der Waals surface area contributed by atoms with Crippen molar-refractivity contribution in [3.63, 3.8) is 0 Å². The fourth-order valence-corrected chi connectivity index (χ4v) is 3.31. The van der Waals surface area contributed by atoms with Gasteiger partial charge in [0.05, 0.1) is 25.5 Å². The van der Waals surface area contributed by atoms with Gasteiger partial charge in [-0.05, 0) is 55.0 Å². The molecule has 3 rings (SSSR count). The van der Waals surface area contributed by atoms with Gasteiger partial charge in [-0.25, -0.2) is 5.43 Å². The molecule has 0 spiro atoms. The van der Waals surface area contributed by atoms with Crippen LogP contribution in [0.5, 0.6) is 23.0 Å². The lowest BCUT2D eigenvalue weighted by Gasteiger charge is -2.13. The molecule has 0 aliphatic heterocycles. The molecule has 0 heterocycles. The van der Waals surface area contributed by atoms with Crippen LogP contribution in [0.4, 0.5) is 0 Å². The highest BCUT2D eigenvalue weighted by Gasteiger charge is 2.12. The van der Waals surface area contributed by atoms with Crippen molar-refractivity contribution in [2.75, 3.05) is 13.7 Å². The minimum atomic E-state index is -0.559. The number of ether oxygens (including phenoxy) is 3. The quantitative estimate of drug-likeness (QED) is 0.308. The predicted octanol–water partition coefficient (Wildman–Crippen LogP) is 5.45. The first-order valence-electron chi connectivity index (χ1n) is 9.95. The van der Waals surface area contributed by atoms with E-state index in [4.69, 9.17) is 37.4 Å². The number of nitrogens with zero attached hydrogens (tertiary/aromatic N) is 1. The summed E-state index contributed by atoms with van der Waals surface area (Å²) >= 11 is 12.1. The first kappa shape index (κ1) is 24.2. The van der Waals surface area contributed by atoms with Gasteiger partial charge in [0.25, 0.3) is 5.91 Å². The van der Waals surface area contributed by atoms with Gasteiger partial charge in [-0.2, -0.15) is 5.10 Å². The molecule has 3 aromatic rings. The highest BCUT2D eigenvalue weighted by atomic mass is 35.5. The third kappa shape index (κ3) is 6.54. The fraction of sp³-hybridized carbons (Fsp3) is 0.167. The number of aromatic hydroxyl groups is 1. The summed E-state index contributed by atoms with van der Waals surface area (Å²) in [6, 6.07) is 14.8. The predicted molar refractivity (Wildman–Crippen MR) is 128 cm³/mol. The molecule has 3 aromatic carbocycles. The molecule has 0 saturated heterocycles. The molecule has 7 nitrogen and oxygen atoms in total. The van der Waals surface area contributed by atoms with Crippen LogP contribution in [0.2, 0.25) is 10.0 Å². The monoisotopic (exact) mass is 488 g/mol. The Balaban J connectivity index is 1.67. The number of amides is 1. The van der Waals surface area contributed by atoms with Crippen molar-refractivity contribution in [2.24, 2.45) is 5.10 Å². The molecule has 33 heavy (non-hydrogen) atoms. The summed E-state index contributed by atoms with van der Waals surface area (Å²) in [6.45, 7) is 2.54. The van der Waals surface area contributed by atoms with E-state index in [0.29, 0.717) is 39.5 Å². The molecule has 1 amide bonds. The largest absolute Gasteiger partial charge is 0.507 e. The van der Waals surface area contributed by atoms with E-state index in [1.807, 2.05) is 6.92 Å². The van der Waals surface area contributed by atoms with Crippen LogP contribution in [-0.4, -0.2) is 30.9 Å². The van der Waals surface area contributed by atoms with Crippen LogP contribution in [-0.2, 0) is 6.61 Å². The summed E-state index contributed by atoms with van der Waals surface area (Å²) in [5.74, 6) is 0.730. The van der Waals surface area contributed by atoms with Crippen molar-refractivity contribution in [1.29, 1.82) is 0 Å². The van der Waals surface area contributed by atoms with Gasteiger partial charge in [0.2, 0.25) is 0 Å². The number of carbonyl (C=O) groups excluding carboxylic acids is 1. The molecule has 0 aliphatic rings. The van der Waals surface area contributed by atoms with Gasteiger partial charge in [-0.3, -0.25) is 4.79 Å². The number of rotatable bonds is 9. The molecule has 0 fully saturated rings. The zero-order chi connectivity index (χ0) is 23.8. The average Bonchev–Trinajstić information content (AvgIpc) is 2.79. The Hall–Kier alpha value is -3.42. The molecule has 2 N–H and O–H groups in total. The summed E-state index contributed by atoms with van der Waals surface area (Å²) in [6.07, 6.45) is 1.46. The Morgan fingerprint density at radius 3 is 2.58 bits per heavy atom. The van der Waals surface area contributed by atoms with Crippen molar-refractivity contribution in [3.8, 4) is 23.0 Å². The van der Waals surface area contributed by atoms with Gasteiger partial charge in [0.15, 0.2) is 11.5 Å². The molecular weight excluding hydrogens is 467 g/mol. The Morgan fingerprint density at radius 2 is 1.88 bits per heavy atom. The van der Waals surface area contributed by atoms with Crippen molar-refractivity contribution in [2.45, 2.75) is 13.5 Å². The normalized spacial score (nSPS) is 10.8. The topological polar surface area (TPSA) is 89.4 Å². The number of phenolic OH excluding ortho intramolecular Hbond substituents is 1. The van der Waals surface area contributed by atoms with E-state index >= 15 is 0 Å². The number of nitrogens with one attached hydrogen (secondary N) is 1. The Bertz CT molecular complexity index is 1170. The number of benzene rings is 3. The number of halogens is 2. The van der Waals surface area contributed by atoms with Gasteiger partial charge in [0.1, 0.15) is 18.1 Å². The third-order valence-corrected chi connectivity index (χ3v) is 5.08. The van der Waals surface area contributed by atoms with E-state index in [2.05, 4.69) is 10.5 Å². The molecule has 0 atom stereocenters. The lowest BCUT2D eigenvalue weighted by molar-refractivity contribution is 0.0952. The number of hydrogen-bond acceptors (Lipinski definition) is 6. The van der Waals surface area contributed by atoms with E-state index < -0.39 is 5.91 Å². The van der Waals surface area contributed by atoms with Gasteiger partial charge in [-0.1, -0.05) is 29.3 Å². The Kier molecular flexibility index (Phi) is 8.40. The SMILES string of the molecule is CCOc1cc(/C=N\NC(=O)c2ccc(OC)cc2O)ccc1OCc1ccc(Cl)cc1Cl. The zero-order valence-electron chi connectivity index (χ0n) is 18.0. The summed E-state index contributed by atoms with van der Waals surface area (Å²) in [7, 11) is 1.47. The Morgan fingerprint density at radius 1 is 1.06 bits per heavy atom. The number of phenols is 1. The smallest absolute Gasteiger partial charge is 0.275 e. The number of carbonyl (C=O) groups is 1. The first-order valence-corrected chi connectivity index (χ1v) is 10.7. The van der Waals surface area contributed by atoms with Gasteiger partial charge in [-0.15, -0.1) is 0 Å². The average molecular weight is 489 g/mol. The Labute approximate surface area is 201 Å². The minimum absolute atomic E-state index is 0.0764. The third-order valence-electron chi connectivity index (χ3n) is 4.50. The second-order valence-corrected chi connectivity index (χ2v) is 7.59. The number of hydrogen-bond donors (Lipinski definition) is 2. The van der Waals surface area contributed by atoms with E-state index in [1.54, 1.807) is 42.5 Å². The molecular formula is C24H22Cl2N2O5. The van der Waals surface area contributed by atoms with E-state index in [-0.39, 0.29) is 17.9 Å². The number of methoxy groups -OCH3 is 1. The lowest BCUT2D eigenvalue weighted by Crippen LogP contribution is -2.17. The van der Waals surface area contributed by atoms with E-state index in [0.717, 1.165) is 5.56 Å². The molecule has 0 unspecified atom stereocenters. The fourth-order valence-electron chi connectivity index (χ4n) is 2.84. The van der Waals surface area contributed by atoms with Crippen LogP contribution < -0.4 is 19.6 Å². The van der Waals surface area contributed by atoms with Crippen LogP contribution in [0, 0.1) is 0 Å². The maximum absolute atomic E-state index is 12.3. The first-order chi connectivity index (χ1) is 15.9. The lowest BCUT2D eigenvalue weighted by atomic mass is 10.2. The van der Waals surface area contributed by atoms with E-state index in [1.165, 1.54) is 25.5 Å². The van der Waals surface area contributed by atoms with E-state index in [9.17, 15) is 9.90 Å². The highest BCUT2D eigenvalue weighted by Crippen LogP contribution is 2.30. The van der Waals surface area contributed by atoms with Crippen LogP contribution >= 0.6 is 23.2 Å². The summed E-state index contributed by atoms with van der Waals surface area (Å²) in [5, 5.41) is 15.0. The van der Waals surface area contributed by atoms with Crippen LogP contribution in [0.15, 0.2) is 59.7 Å². The van der Waals surface area contributed by atoms with Crippen molar-refractivity contribution < 1.29 is 24.1 Å². The van der Waals surface area contributed by atoms with Gasteiger partial charge < -0.3 is 19.3 Å². The van der Waals surface area contributed by atoms with Crippen molar-refractivity contribution >= 4 is 35.3 Å². The van der Waals surface area contributed by atoms with Crippen LogP contribution in [0.3, 0.4) is 0 Å². The molecule has 9 heteroatoms. The van der Waals surface area contributed by atoms with Crippen LogP contribution in [0.25, 0.3) is 0 Å². The second kappa shape index (κ2) is 11.4. The number of hydrazone groups is 1. The maximum atomic E-state index is 12.3. The van der Waals surface area contributed by atoms with Gasteiger partial charge in [0, 0.05) is 21.7 Å². The minimum Gasteiger partial charge on any atom is -0.507 e. The summed E-state index contributed by atoms with van der Waals surface area (Å²) in [4.78, 5) is 12.3. The molecule has 0 radical (unpaired) electrons. The molecule has 172 valence electrons.